The van der Waals surface area contributed by atoms with Crippen LogP contribution >= 0.6 is 0 Å². The fourth-order valence-corrected chi connectivity index (χ4v) is 4.02. The molecule has 0 aromatic carbocycles. The summed E-state index contributed by atoms with van der Waals surface area (Å²) in [6, 6.07) is 0. The van der Waals surface area contributed by atoms with E-state index in [1.807, 2.05) is 6.92 Å². The zero-order chi connectivity index (χ0) is 15.8. The molecule has 0 aliphatic heterocycles. The molecular formula is C13H27N3O4S. The Morgan fingerprint density at radius 2 is 1.86 bits per heavy atom. The van der Waals surface area contributed by atoms with E-state index in [4.69, 9.17) is 15.7 Å². The lowest BCUT2D eigenvalue weighted by Crippen LogP contribution is -2.58. The first kappa shape index (κ1) is 18.2. The number of amidine groups is 1. The van der Waals surface area contributed by atoms with Crippen molar-refractivity contribution in [3.05, 3.63) is 0 Å². The maximum atomic E-state index is 12.2. The molecular weight excluding hydrogens is 294 g/mol. The number of ether oxygens (including phenoxy) is 1. The number of nitrogens with two attached hydrogens (primary N) is 1. The van der Waals surface area contributed by atoms with Crippen molar-refractivity contribution in [3.8, 4) is 0 Å². The number of nitrogens with one attached hydrogen (secondary N) is 1. The molecule has 124 valence electrons. The molecule has 1 saturated carbocycles. The maximum absolute atomic E-state index is 12.2. The molecule has 0 aromatic rings. The summed E-state index contributed by atoms with van der Waals surface area (Å²) >= 11 is 0. The summed E-state index contributed by atoms with van der Waals surface area (Å²) in [5.41, 5.74) is 4.83. The number of rotatable bonds is 7. The number of nitrogens with zero attached hydrogens (tertiary/aromatic N) is 1. The molecule has 0 heterocycles. The topological polar surface area (TPSA) is 114 Å². The van der Waals surface area contributed by atoms with Gasteiger partial charge in [-0.2, -0.15) is 0 Å². The highest BCUT2D eigenvalue weighted by atomic mass is 32.2. The highest BCUT2D eigenvalue weighted by Crippen LogP contribution is 2.27. The van der Waals surface area contributed by atoms with E-state index in [1.165, 1.54) is 0 Å². The van der Waals surface area contributed by atoms with Crippen LogP contribution in [0.3, 0.4) is 0 Å². The second-order valence-electron chi connectivity index (χ2n) is 5.45. The second kappa shape index (κ2) is 8.55. The minimum atomic E-state index is -3.54. The van der Waals surface area contributed by atoms with Crippen molar-refractivity contribution in [1.29, 1.82) is 0 Å². The zero-order valence-electron chi connectivity index (χ0n) is 12.7. The summed E-state index contributed by atoms with van der Waals surface area (Å²) in [5, 5.41) is 12.1. The molecule has 21 heavy (non-hydrogen) atoms. The van der Waals surface area contributed by atoms with Gasteiger partial charge >= 0.3 is 0 Å². The SMILES string of the molecule is CCOCCS(=O)(=O)NC1(C(N)=NO)CCCCCCC1. The highest BCUT2D eigenvalue weighted by Gasteiger charge is 2.38. The minimum absolute atomic E-state index is 0.0515. The third-order valence-corrected chi connectivity index (χ3v) is 5.26. The van der Waals surface area contributed by atoms with Gasteiger partial charge in [0.2, 0.25) is 10.0 Å². The molecule has 0 atom stereocenters. The van der Waals surface area contributed by atoms with Crippen molar-refractivity contribution in [1.82, 2.24) is 4.72 Å². The molecule has 0 saturated heterocycles. The lowest BCUT2D eigenvalue weighted by molar-refractivity contribution is 0.163. The monoisotopic (exact) mass is 321 g/mol. The number of oxime groups is 1. The minimum Gasteiger partial charge on any atom is -0.409 e. The van der Waals surface area contributed by atoms with Crippen LogP contribution in [0.2, 0.25) is 0 Å². The van der Waals surface area contributed by atoms with E-state index in [-0.39, 0.29) is 18.2 Å². The molecule has 1 aliphatic rings. The van der Waals surface area contributed by atoms with Gasteiger partial charge in [0.05, 0.1) is 17.9 Å². The van der Waals surface area contributed by atoms with Gasteiger partial charge in [-0.3, -0.25) is 0 Å². The molecule has 1 fully saturated rings. The summed E-state index contributed by atoms with van der Waals surface area (Å²) < 4.78 is 32.2. The van der Waals surface area contributed by atoms with Gasteiger partial charge in [-0.1, -0.05) is 37.3 Å². The van der Waals surface area contributed by atoms with Gasteiger partial charge in [-0.15, -0.1) is 0 Å². The van der Waals surface area contributed by atoms with Gasteiger partial charge in [-0.05, 0) is 19.8 Å². The number of hydrogen-bond donors (Lipinski definition) is 3. The molecule has 4 N–H and O–H groups in total. The van der Waals surface area contributed by atoms with Crippen LogP contribution in [0.25, 0.3) is 0 Å². The van der Waals surface area contributed by atoms with Crippen LogP contribution in [0.4, 0.5) is 0 Å². The fourth-order valence-electron chi connectivity index (χ4n) is 2.68. The lowest BCUT2D eigenvalue weighted by atomic mass is 9.84. The van der Waals surface area contributed by atoms with Crippen LogP contribution in [0.1, 0.15) is 51.9 Å². The normalized spacial score (nSPS) is 20.7. The molecule has 0 aromatic heterocycles. The first-order valence-electron chi connectivity index (χ1n) is 7.53. The van der Waals surface area contributed by atoms with Crippen LogP contribution in [0.5, 0.6) is 0 Å². The van der Waals surface area contributed by atoms with Crippen LogP contribution in [0.15, 0.2) is 5.16 Å². The molecule has 0 bridgehead atoms. The van der Waals surface area contributed by atoms with Crippen molar-refractivity contribution in [2.75, 3.05) is 19.0 Å². The quantitative estimate of drug-likeness (QED) is 0.214. The van der Waals surface area contributed by atoms with Gasteiger partial charge in [0.1, 0.15) is 0 Å². The van der Waals surface area contributed by atoms with Crippen LogP contribution in [0, 0.1) is 0 Å². The van der Waals surface area contributed by atoms with E-state index in [0.29, 0.717) is 19.4 Å². The molecule has 8 heteroatoms. The van der Waals surface area contributed by atoms with E-state index >= 15 is 0 Å². The van der Waals surface area contributed by atoms with Crippen LogP contribution < -0.4 is 10.5 Å². The van der Waals surface area contributed by atoms with Crippen molar-refractivity contribution < 1.29 is 18.4 Å². The highest BCUT2D eigenvalue weighted by molar-refractivity contribution is 7.89. The average Bonchev–Trinajstić information content (AvgIpc) is 2.41. The van der Waals surface area contributed by atoms with E-state index in [9.17, 15) is 8.42 Å². The van der Waals surface area contributed by atoms with Gasteiger partial charge < -0.3 is 15.7 Å². The second-order valence-corrected chi connectivity index (χ2v) is 7.29. The first-order chi connectivity index (χ1) is 9.96. The third-order valence-electron chi connectivity index (χ3n) is 3.86. The smallest absolute Gasteiger partial charge is 0.214 e. The number of sulfonamides is 1. The Bertz CT molecular complexity index is 429. The Morgan fingerprint density at radius 1 is 1.29 bits per heavy atom. The standard InChI is InChI=1S/C13H27N3O4S/c1-2-20-10-11-21(18,19)16-13(12(14)15-17)8-6-4-3-5-7-9-13/h16-17H,2-11H2,1H3,(H2,14,15). The predicted octanol–water partition coefficient (Wildman–Crippen LogP) is 1.17. The van der Waals surface area contributed by atoms with Crippen molar-refractivity contribution in [3.63, 3.8) is 0 Å². The fraction of sp³-hybridized carbons (Fsp3) is 0.923. The molecule has 0 unspecified atom stereocenters. The Kier molecular flexibility index (Phi) is 7.41. The summed E-state index contributed by atoms with van der Waals surface area (Å²) in [5.74, 6) is -0.175. The van der Waals surface area contributed by atoms with Crippen molar-refractivity contribution in [2.24, 2.45) is 10.9 Å². The zero-order valence-corrected chi connectivity index (χ0v) is 13.5. The van der Waals surface area contributed by atoms with Gasteiger partial charge in [0, 0.05) is 6.61 Å². The molecule has 7 nitrogen and oxygen atoms in total. The van der Waals surface area contributed by atoms with Crippen molar-refractivity contribution in [2.45, 2.75) is 57.4 Å². The summed E-state index contributed by atoms with van der Waals surface area (Å²) in [6.45, 7) is 2.42. The Labute approximate surface area is 127 Å². The van der Waals surface area contributed by atoms with E-state index < -0.39 is 15.6 Å². The molecule has 0 radical (unpaired) electrons. The average molecular weight is 321 g/mol. The number of hydrogen-bond acceptors (Lipinski definition) is 5. The summed E-state index contributed by atoms with van der Waals surface area (Å²) in [7, 11) is -3.54. The van der Waals surface area contributed by atoms with Gasteiger partial charge in [0.25, 0.3) is 0 Å². The Hall–Kier alpha value is -0.860. The van der Waals surface area contributed by atoms with E-state index in [0.717, 1.165) is 32.1 Å². The summed E-state index contributed by atoms with van der Waals surface area (Å²) in [4.78, 5) is 0. The maximum Gasteiger partial charge on any atom is 0.214 e. The Morgan fingerprint density at radius 3 is 2.38 bits per heavy atom. The van der Waals surface area contributed by atoms with Crippen LogP contribution in [-0.4, -0.2) is 44.0 Å². The molecule has 1 aliphatic carbocycles. The largest absolute Gasteiger partial charge is 0.409 e. The first-order valence-corrected chi connectivity index (χ1v) is 9.18. The Balaban J connectivity index is 2.86. The van der Waals surface area contributed by atoms with Crippen LogP contribution in [-0.2, 0) is 14.8 Å². The predicted molar refractivity (Wildman–Crippen MR) is 81.9 cm³/mol. The van der Waals surface area contributed by atoms with Gasteiger partial charge in [0.15, 0.2) is 5.84 Å². The molecule has 0 spiro atoms. The lowest BCUT2D eigenvalue weighted by Gasteiger charge is -2.34. The third kappa shape index (κ3) is 5.80. The molecule has 1 rings (SSSR count). The van der Waals surface area contributed by atoms with Crippen molar-refractivity contribution >= 4 is 15.9 Å². The molecule has 0 amide bonds. The van der Waals surface area contributed by atoms with Gasteiger partial charge in [-0.25, -0.2) is 13.1 Å². The van der Waals surface area contributed by atoms with E-state index in [1.54, 1.807) is 0 Å². The summed E-state index contributed by atoms with van der Waals surface area (Å²) in [6.07, 6.45) is 6.01. The van der Waals surface area contributed by atoms with E-state index in [2.05, 4.69) is 9.88 Å².